The van der Waals surface area contributed by atoms with Crippen molar-refractivity contribution in [3.63, 3.8) is 0 Å². The Bertz CT molecular complexity index is 851. The summed E-state index contributed by atoms with van der Waals surface area (Å²) in [4.78, 5) is 0. The molecule has 8 heteroatoms. The second-order valence-corrected chi connectivity index (χ2v) is 5.97. The van der Waals surface area contributed by atoms with Crippen LogP contribution in [0.4, 0.5) is 5.95 Å². The number of aromatic nitrogens is 4. The lowest BCUT2D eigenvalue weighted by Gasteiger charge is -2.16. The van der Waals surface area contributed by atoms with Crippen molar-refractivity contribution >= 4 is 17.5 Å². The van der Waals surface area contributed by atoms with Crippen LogP contribution in [0.1, 0.15) is 18.1 Å². The highest BCUT2D eigenvalue weighted by Crippen LogP contribution is 2.32. The largest absolute Gasteiger partial charge is 0.493 e. The van der Waals surface area contributed by atoms with Gasteiger partial charge in [0.25, 0.3) is 0 Å². The minimum atomic E-state index is 0.414. The Balaban J connectivity index is 1.75. The minimum absolute atomic E-state index is 0.414. The molecule has 0 aliphatic heterocycles. The lowest BCUT2D eigenvalue weighted by molar-refractivity contribution is 0.281. The molecular weight excluding hydrogens is 354 g/mol. The summed E-state index contributed by atoms with van der Waals surface area (Å²) in [6, 6.07) is 13.3. The third-order valence-corrected chi connectivity index (χ3v) is 4.10. The van der Waals surface area contributed by atoms with E-state index in [2.05, 4.69) is 20.8 Å². The molecule has 0 atom stereocenters. The summed E-state index contributed by atoms with van der Waals surface area (Å²) in [6.07, 6.45) is 0. The van der Waals surface area contributed by atoms with Gasteiger partial charge in [-0.05, 0) is 41.1 Å². The van der Waals surface area contributed by atoms with Crippen LogP contribution in [0.2, 0.25) is 5.02 Å². The van der Waals surface area contributed by atoms with Crippen LogP contribution in [0, 0.1) is 0 Å². The number of halogens is 1. The van der Waals surface area contributed by atoms with E-state index in [4.69, 9.17) is 21.1 Å². The van der Waals surface area contributed by atoms with Gasteiger partial charge in [0.05, 0.1) is 7.11 Å². The van der Waals surface area contributed by atoms with Crippen molar-refractivity contribution in [1.82, 2.24) is 20.2 Å². The second kappa shape index (κ2) is 8.53. The topological polar surface area (TPSA) is 74.1 Å². The molecule has 1 N–H and O–H groups in total. The molecule has 3 aromatic rings. The molecule has 1 heterocycles. The number of tetrazole rings is 1. The van der Waals surface area contributed by atoms with Crippen LogP contribution < -0.4 is 14.8 Å². The molecule has 136 valence electrons. The Labute approximate surface area is 156 Å². The Hall–Kier alpha value is -2.80. The number of benzene rings is 2. The zero-order valence-electron chi connectivity index (χ0n) is 14.6. The quantitative estimate of drug-likeness (QED) is 0.651. The van der Waals surface area contributed by atoms with Crippen LogP contribution in [0.5, 0.6) is 11.5 Å². The number of nitrogens with one attached hydrogen (secondary N) is 1. The Morgan fingerprint density at radius 2 is 1.96 bits per heavy atom. The number of nitrogens with zero attached hydrogens (tertiary/aromatic N) is 4. The first kappa shape index (κ1) is 18.0. The van der Waals surface area contributed by atoms with Gasteiger partial charge in [-0.25, -0.2) is 4.68 Å². The van der Waals surface area contributed by atoms with E-state index in [-0.39, 0.29) is 0 Å². The summed E-state index contributed by atoms with van der Waals surface area (Å²) >= 11 is 5.93. The third kappa shape index (κ3) is 4.23. The molecule has 0 amide bonds. The molecule has 1 aromatic heterocycles. The number of rotatable bonds is 8. The fourth-order valence-corrected chi connectivity index (χ4v) is 2.61. The Morgan fingerprint density at radius 1 is 1.15 bits per heavy atom. The first-order chi connectivity index (χ1) is 12.7. The molecule has 7 nitrogen and oxygen atoms in total. The lowest BCUT2D eigenvalue weighted by atomic mass is 10.1. The van der Waals surface area contributed by atoms with E-state index in [1.807, 2.05) is 49.4 Å². The molecule has 0 bridgehead atoms. The molecule has 0 fully saturated rings. The van der Waals surface area contributed by atoms with Crippen molar-refractivity contribution in [3.05, 3.63) is 58.6 Å². The van der Waals surface area contributed by atoms with E-state index in [1.54, 1.807) is 11.8 Å². The van der Waals surface area contributed by atoms with Crippen molar-refractivity contribution in [2.24, 2.45) is 0 Å². The van der Waals surface area contributed by atoms with E-state index >= 15 is 0 Å². The van der Waals surface area contributed by atoms with Gasteiger partial charge in [-0.1, -0.05) is 41.0 Å². The van der Waals surface area contributed by atoms with Gasteiger partial charge in [0, 0.05) is 23.7 Å². The standard InChI is InChI=1S/C18H20ClN5O2/c1-3-24-18(21-22-23-24)20-11-14-5-4-6-16(25-2)17(14)26-12-13-7-9-15(19)10-8-13/h4-10H,3,11-12H2,1-2H3,(H,20,21,23). The molecule has 26 heavy (non-hydrogen) atoms. The molecule has 0 spiro atoms. The third-order valence-electron chi connectivity index (χ3n) is 3.85. The fourth-order valence-electron chi connectivity index (χ4n) is 2.48. The maximum Gasteiger partial charge on any atom is 0.243 e. The minimum Gasteiger partial charge on any atom is -0.493 e. The fraction of sp³-hybridized carbons (Fsp3) is 0.278. The van der Waals surface area contributed by atoms with Crippen LogP contribution in [-0.4, -0.2) is 27.3 Å². The number of hydrogen-bond donors (Lipinski definition) is 1. The first-order valence-electron chi connectivity index (χ1n) is 8.24. The van der Waals surface area contributed by atoms with Gasteiger partial charge >= 0.3 is 0 Å². The van der Waals surface area contributed by atoms with Gasteiger partial charge in [0.1, 0.15) is 6.61 Å². The zero-order valence-corrected chi connectivity index (χ0v) is 15.4. The molecule has 0 saturated heterocycles. The first-order valence-corrected chi connectivity index (χ1v) is 8.62. The van der Waals surface area contributed by atoms with Crippen LogP contribution in [0.3, 0.4) is 0 Å². The summed E-state index contributed by atoms with van der Waals surface area (Å²) in [6.45, 7) is 3.59. The zero-order chi connectivity index (χ0) is 18.4. The predicted molar refractivity (Wildman–Crippen MR) is 99.6 cm³/mol. The monoisotopic (exact) mass is 373 g/mol. The SMILES string of the molecule is CCn1nnnc1NCc1cccc(OC)c1OCc1ccc(Cl)cc1. The normalized spacial score (nSPS) is 10.6. The van der Waals surface area contributed by atoms with Gasteiger partial charge in [0.15, 0.2) is 11.5 Å². The molecule has 0 saturated carbocycles. The number of methoxy groups -OCH3 is 1. The number of aryl methyl sites for hydroxylation is 1. The van der Waals surface area contributed by atoms with Crippen molar-refractivity contribution in [3.8, 4) is 11.5 Å². The summed E-state index contributed by atoms with van der Waals surface area (Å²) < 4.78 is 13.2. The summed E-state index contributed by atoms with van der Waals surface area (Å²) in [5.41, 5.74) is 1.97. The van der Waals surface area contributed by atoms with Crippen LogP contribution in [0.15, 0.2) is 42.5 Å². The van der Waals surface area contributed by atoms with E-state index < -0.39 is 0 Å². The number of hydrogen-bond acceptors (Lipinski definition) is 6. The van der Waals surface area contributed by atoms with Gasteiger partial charge in [-0.3, -0.25) is 0 Å². The maximum atomic E-state index is 6.05. The van der Waals surface area contributed by atoms with Gasteiger partial charge in [-0.15, -0.1) is 0 Å². The van der Waals surface area contributed by atoms with E-state index in [1.165, 1.54) is 0 Å². The van der Waals surface area contributed by atoms with Crippen LogP contribution in [0.25, 0.3) is 0 Å². The molecule has 0 unspecified atom stereocenters. The molecule has 0 aliphatic carbocycles. The van der Waals surface area contributed by atoms with Crippen molar-refractivity contribution < 1.29 is 9.47 Å². The van der Waals surface area contributed by atoms with Gasteiger partial charge in [0.2, 0.25) is 5.95 Å². The van der Waals surface area contributed by atoms with Gasteiger partial charge in [-0.2, -0.15) is 0 Å². The smallest absolute Gasteiger partial charge is 0.243 e. The van der Waals surface area contributed by atoms with Crippen molar-refractivity contribution in [1.29, 1.82) is 0 Å². The van der Waals surface area contributed by atoms with Crippen molar-refractivity contribution in [2.45, 2.75) is 26.6 Å². The molecule has 0 radical (unpaired) electrons. The van der Waals surface area contributed by atoms with E-state index in [0.29, 0.717) is 42.2 Å². The van der Waals surface area contributed by atoms with Crippen LogP contribution >= 0.6 is 11.6 Å². The van der Waals surface area contributed by atoms with Crippen molar-refractivity contribution in [2.75, 3.05) is 12.4 Å². The van der Waals surface area contributed by atoms with E-state index in [0.717, 1.165) is 11.1 Å². The maximum absolute atomic E-state index is 6.05. The number of ether oxygens (including phenoxy) is 2. The number of anilines is 1. The highest BCUT2D eigenvalue weighted by molar-refractivity contribution is 6.30. The molecule has 0 aliphatic rings. The molecular formula is C18H20ClN5O2. The predicted octanol–water partition coefficient (Wildman–Crippen LogP) is 3.55. The average molecular weight is 374 g/mol. The van der Waals surface area contributed by atoms with Crippen LogP contribution in [-0.2, 0) is 19.7 Å². The number of para-hydroxylation sites is 1. The molecule has 2 aromatic carbocycles. The lowest BCUT2D eigenvalue weighted by Crippen LogP contribution is -2.09. The Kier molecular flexibility index (Phi) is 5.91. The highest BCUT2D eigenvalue weighted by Gasteiger charge is 2.12. The van der Waals surface area contributed by atoms with E-state index in [9.17, 15) is 0 Å². The second-order valence-electron chi connectivity index (χ2n) is 5.54. The summed E-state index contributed by atoms with van der Waals surface area (Å²) in [5, 5.41) is 15.5. The summed E-state index contributed by atoms with van der Waals surface area (Å²) in [5.74, 6) is 1.97. The Morgan fingerprint density at radius 3 is 2.69 bits per heavy atom. The molecule has 3 rings (SSSR count). The summed E-state index contributed by atoms with van der Waals surface area (Å²) in [7, 11) is 1.62. The van der Waals surface area contributed by atoms with Gasteiger partial charge < -0.3 is 14.8 Å². The average Bonchev–Trinajstić information content (AvgIpc) is 3.13. The highest BCUT2D eigenvalue weighted by atomic mass is 35.5.